The summed E-state index contributed by atoms with van der Waals surface area (Å²) in [4.78, 5) is 8.68. The molecule has 0 fully saturated rings. The number of aromatic amines is 1. The molecule has 3 heterocycles. The molecule has 0 radical (unpaired) electrons. The van der Waals surface area contributed by atoms with E-state index in [4.69, 9.17) is 11.6 Å². The lowest BCUT2D eigenvalue weighted by molar-refractivity contribution is -0.140. The van der Waals surface area contributed by atoms with E-state index in [9.17, 15) is 13.2 Å². The Morgan fingerprint density at radius 1 is 1.10 bits per heavy atom. The average molecular weight is 445 g/mol. The van der Waals surface area contributed by atoms with Gasteiger partial charge < -0.3 is 4.57 Å². The molecule has 158 valence electrons. The van der Waals surface area contributed by atoms with E-state index in [-0.39, 0.29) is 11.3 Å². The van der Waals surface area contributed by atoms with Crippen LogP contribution in [0.4, 0.5) is 13.2 Å². The van der Waals surface area contributed by atoms with Crippen LogP contribution < -0.4 is 0 Å². The van der Waals surface area contributed by atoms with Crippen molar-refractivity contribution in [3.63, 3.8) is 0 Å². The molecule has 3 aromatic heterocycles. The van der Waals surface area contributed by atoms with Crippen LogP contribution in [0.3, 0.4) is 0 Å². The van der Waals surface area contributed by atoms with Gasteiger partial charge in [0.1, 0.15) is 11.4 Å². The van der Waals surface area contributed by atoms with Gasteiger partial charge in [-0.2, -0.15) is 28.6 Å². The zero-order valence-corrected chi connectivity index (χ0v) is 16.8. The molecule has 1 N–H and O–H groups in total. The molecule has 1 aliphatic rings. The van der Waals surface area contributed by atoms with Crippen molar-refractivity contribution in [2.45, 2.75) is 31.5 Å². The van der Waals surface area contributed by atoms with E-state index in [1.165, 1.54) is 29.5 Å². The van der Waals surface area contributed by atoms with Crippen molar-refractivity contribution in [2.75, 3.05) is 0 Å². The first-order valence-corrected chi connectivity index (χ1v) is 10.0. The van der Waals surface area contributed by atoms with Crippen LogP contribution in [0.1, 0.15) is 29.2 Å². The normalized spacial score (nSPS) is 15.9. The molecule has 0 aliphatic heterocycles. The molecule has 10 heteroatoms. The maximum atomic E-state index is 13.2. The number of H-pyrrole nitrogens is 1. The second kappa shape index (κ2) is 7.49. The van der Waals surface area contributed by atoms with E-state index in [2.05, 4.69) is 26.2 Å². The number of nitrogens with one attached hydrogen (secondary N) is 1. The fraction of sp³-hybridized carbons (Fsp3) is 0.238. The highest BCUT2D eigenvalue weighted by Crippen LogP contribution is 2.37. The van der Waals surface area contributed by atoms with E-state index >= 15 is 0 Å². The maximum Gasteiger partial charge on any atom is 0.437 e. The lowest BCUT2D eigenvalue weighted by Gasteiger charge is -2.12. The minimum atomic E-state index is -4.60. The van der Waals surface area contributed by atoms with Crippen molar-refractivity contribution < 1.29 is 13.2 Å². The minimum Gasteiger partial charge on any atom is -0.336 e. The van der Waals surface area contributed by atoms with Crippen LogP contribution in [-0.4, -0.2) is 29.9 Å². The first kappa shape index (κ1) is 19.7. The lowest BCUT2D eigenvalue weighted by atomic mass is 10.0. The van der Waals surface area contributed by atoms with E-state index in [0.717, 1.165) is 24.4 Å². The number of fused-ring (bicyclic) bond motifs is 1. The Balaban J connectivity index is 1.40. The second-order valence-electron chi connectivity index (χ2n) is 7.48. The van der Waals surface area contributed by atoms with Gasteiger partial charge in [0.15, 0.2) is 5.69 Å². The van der Waals surface area contributed by atoms with Crippen molar-refractivity contribution in [1.82, 2.24) is 29.9 Å². The van der Waals surface area contributed by atoms with Crippen LogP contribution in [0.25, 0.3) is 22.6 Å². The van der Waals surface area contributed by atoms with Crippen LogP contribution in [0.15, 0.2) is 49.1 Å². The topological polar surface area (TPSA) is 72.3 Å². The highest BCUT2D eigenvalue weighted by Gasteiger charge is 2.38. The lowest BCUT2D eigenvalue weighted by Crippen LogP contribution is -2.07. The Labute approximate surface area is 180 Å². The van der Waals surface area contributed by atoms with Crippen molar-refractivity contribution in [1.29, 1.82) is 0 Å². The van der Waals surface area contributed by atoms with Gasteiger partial charge in [0.2, 0.25) is 0 Å². The van der Waals surface area contributed by atoms with E-state index in [1.54, 1.807) is 6.33 Å². The van der Waals surface area contributed by atoms with Gasteiger partial charge in [-0.15, -0.1) is 0 Å². The number of benzene rings is 1. The molecule has 0 saturated carbocycles. The van der Waals surface area contributed by atoms with Crippen molar-refractivity contribution in [3.8, 4) is 22.6 Å². The fourth-order valence-electron chi connectivity index (χ4n) is 4.04. The summed E-state index contributed by atoms with van der Waals surface area (Å²) in [6.45, 7) is 0.738. The third-order valence-electron chi connectivity index (χ3n) is 5.49. The molecular weight excluding hydrogens is 429 g/mol. The summed E-state index contributed by atoms with van der Waals surface area (Å²) in [6.07, 6.45) is 2.44. The Kier molecular flexibility index (Phi) is 4.77. The van der Waals surface area contributed by atoms with Crippen LogP contribution in [0.5, 0.6) is 0 Å². The summed E-state index contributed by atoms with van der Waals surface area (Å²) < 4.78 is 41.4. The van der Waals surface area contributed by atoms with Gasteiger partial charge in [-0.1, -0.05) is 17.7 Å². The first-order valence-electron chi connectivity index (χ1n) is 9.63. The van der Waals surface area contributed by atoms with Gasteiger partial charge in [0.05, 0.1) is 12.0 Å². The number of alkyl halides is 3. The van der Waals surface area contributed by atoms with Gasteiger partial charge in [0.25, 0.3) is 0 Å². The van der Waals surface area contributed by atoms with Crippen molar-refractivity contribution in [2.24, 2.45) is 0 Å². The van der Waals surface area contributed by atoms with E-state index in [0.29, 0.717) is 17.3 Å². The molecule has 0 bridgehead atoms. The molecule has 5 rings (SSSR count). The van der Waals surface area contributed by atoms with Gasteiger partial charge in [-0.05, 0) is 48.2 Å². The molecular formula is C21H16ClF3N6. The highest BCUT2D eigenvalue weighted by molar-refractivity contribution is 6.30. The molecule has 0 amide bonds. The molecule has 0 unspecified atom stereocenters. The predicted octanol–water partition coefficient (Wildman–Crippen LogP) is 5.13. The van der Waals surface area contributed by atoms with Crippen LogP contribution >= 0.6 is 11.6 Å². The Morgan fingerprint density at radius 2 is 1.97 bits per heavy atom. The molecule has 0 saturated heterocycles. The quantitative estimate of drug-likeness (QED) is 0.473. The molecule has 1 aliphatic carbocycles. The number of hydrogen-bond donors (Lipinski definition) is 1. The largest absolute Gasteiger partial charge is 0.437 e. The van der Waals surface area contributed by atoms with Gasteiger partial charge in [-0.3, -0.25) is 4.98 Å². The number of hydrogen-bond acceptors (Lipinski definition) is 4. The molecule has 1 atom stereocenters. The second-order valence-corrected chi connectivity index (χ2v) is 7.92. The third kappa shape index (κ3) is 3.81. The highest BCUT2D eigenvalue weighted by atomic mass is 35.5. The summed E-state index contributed by atoms with van der Waals surface area (Å²) in [5, 5.41) is 9.69. The average Bonchev–Trinajstić information content (AvgIpc) is 3.48. The van der Waals surface area contributed by atoms with E-state index < -0.39 is 11.9 Å². The molecule has 4 aromatic rings. The van der Waals surface area contributed by atoms with Crippen LogP contribution in [0, 0.1) is 0 Å². The summed E-state index contributed by atoms with van der Waals surface area (Å²) in [5.74, 6) is 0.333. The van der Waals surface area contributed by atoms with Gasteiger partial charge in [-0.25, -0.2) is 4.98 Å². The van der Waals surface area contributed by atoms with Crippen molar-refractivity contribution >= 4 is 11.6 Å². The number of imidazole rings is 1. The number of nitrogens with zero attached hydrogens (tertiary/aromatic N) is 5. The Hall–Kier alpha value is -3.20. The van der Waals surface area contributed by atoms with E-state index in [1.807, 2.05) is 28.1 Å². The van der Waals surface area contributed by atoms with Crippen LogP contribution in [-0.2, 0) is 19.1 Å². The van der Waals surface area contributed by atoms with Gasteiger partial charge in [0, 0.05) is 35.4 Å². The standard InChI is InChI=1S/C21H16ClF3N6/c22-15-4-3-12-1-2-14(16(12)8-15)9-31-10-18(27-11-31)17-7-13(5-6-26-17)19-20(21(23,24)25)29-30-28-19/h3-8,10-11,14H,1-2,9H2,(H,28,29,30)/t14-/m1/s1. The zero-order valence-electron chi connectivity index (χ0n) is 16.1. The number of aryl methyl sites for hydroxylation is 1. The Bertz CT molecular complexity index is 1250. The first-order chi connectivity index (χ1) is 14.9. The maximum absolute atomic E-state index is 13.2. The minimum absolute atomic E-state index is 0.264. The molecule has 31 heavy (non-hydrogen) atoms. The summed E-state index contributed by atoms with van der Waals surface area (Å²) in [5.41, 5.74) is 2.54. The summed E-state index contributed by atoms with van der Waals surface area (Å²) >= 11 is 6.16. The van der Waals surface area contributed by atoms with Gasteiger partial charge >= 0.3 is 6.18 Å². The SMILES string of the molecule is FC(F)(F)c1n[nH]nc1-c1ccnc(-c2cn(C[C@H]3CCc4ccc(Cl)cc43)cn2)c1. The van der Waals surface area contributed by atoms with Crippen molar-refractivity contribution in [3.05, 3.63) is 70.9 Å². The number of rotatable bonds is 4. The number of pyridine rings is 1. The summed E-state index contributed by atoms with van der Waals surface area (Å²) in [6, 6.07) is 9.01. The third-order valence-corrected chi connectivity index (χ3v) is 5.72. The Morgan fingerprint density at radius 3 is 2.81 bits per heavy atom. The number of halogens is 4. The monoisotopic (exact) mass is 444 g/mol. The summed E-state index contributed by atoms with van der Waals surface area (Å²) in [7, 11) is 0. The predicted molar refractivity (Wildman–Crippen MR) is 108 cm³/mol. The fourth-order valence-corrected chi connectivity index (χ4v) is 4.22. The molecule has 0 spiro atoms. The smallest absolute Gasteiger partial charge is 0.336 e. The number of aromatic nitrogens is 6. The zero-order chi connectivity index (χ0) is 21.6. The molecule has 6 nitrogen and oxygen atoms in total. The van der Waals surface area contributed by atoms with Crippen LogP contribution in [0.2, 0.25) is 5.02 Å². The molecule has 1 aromatic carbocycles.